The standard InChI is InChI=1S/C28H25N5O2/c1-17-6-4-7-19(12-17)16-29-33-28(34)25-15-20-14-21(10-11-23(20)32-25)31-24-13-18(2)30-27-22(24)8-5-9-26(27)35-3/h4-16,32H,1-3H3,(H,30,31)(H,33,34)/b29-16+. The van der Waals surface area contributed by atoms with E-state index < -0.39 is 0 Å². The highest BCUT2D eigenvalue weighted by molar-refractivity contribution is 6.00. The number of amides is 1. The molecular weight excluding hydrogens is 438 g/mol. The molecule has 0 saturated carbocycles. The van der Waals surface area contributed by atoms with Gasteiger partial charge in [0.1, 0.15) is 17.0 Å². The van der Waals surface area contributed by atoms with E-state index in [4.69, 9.17) is 4.74 Å². The first kappa shape index (κ1) is 22.2. The summed E-state index contributed by atoms with van der Waals surface area (Å²) in [5, 5.41) is 9.45. The number of hydrogen-bond donors (Lipinski definition) is 3. The normalized spacial score (nSPS) is 11.3. The number of anilines is 2. The van der Waals surface area contributed by atoms with Crippen LogP contribution in [0.4, 0.5) is 11.4 Å². The Balaban J connectivity index is 1.37. The highest BCUT2D eigenvalue weighted by Crippen LogP contribution is 2.32. The molecule has 174 valence electrons. The van der Waals surface area contributed by atoms with Crippen LogP contribution in [0.5, 0.6) is 5.75 Å². The number of aromatic nitrogens is 2. The number of hydrazone groups is 1. The van der Waals surface area contributed by atoms with E-state index in [0.717, 1.165) is 55.8 Å². The molecule has 0 radical (unpaired) electrons. The second-order valence-electron chi connectivity index (χ2n) is 8.39. The van der Waals surface area contributed by atoms with E-state index in [2.05, 4.69) is 25.8 Å². The third kappa shape index (κ3) is 4.70. The van der Waals surface area contributed by atoms with Crippen molar-refractivity contribution in [1.29, 1.82) is 0 Å². The minimum atomic E-state index is -0.303. The zero-order valence-corrected chi connectivity index (χ0v) is 19.7. The Morgan fingerprint density at radius 2 is 1.89 bits per heavy atom. The molecular formula is C28H25N5O2. The predicted octanol–water partition coefficient (Wildman–Crippen LogP) is 5.85. The average Bonchev–Trinajstić information content (AvgIpc) is 3.27. The van der Waals surface area contributed by atoms with Crippen molar-refractivity contribution in [3.05, 3.63) is 95.3 Å². The Kier molecular flexibility index (Phi) is 5.89. The molecule has 0 fully saturated rings. The fourth-order valence-electron chi connectivity index (χ4n) is 4.08. The smallest absolute Gasteiger partial charge is 0.287 e. The molecule has 7 heteroatoms. The number of rotatable bonds is 6. The molecule has 3 N–H and O–H groups in total. The number of ether oxygens (including phenoxy) is 1. The summed E-state index contributed by atoms with van der Waals surface area (Å²) in [6.07, 6.45) is 1.63. The minimum Gasteiger partial charge on any atom is -0.494 e. The van der Waals surface area contributed by atoms with Crippen molar-refractivity contribution in [3.8, 4) is 5.75 Å². The van der Waals surface area contributed by atoms with Crippen LogP contribution in [0.15, 0.2) is 77.9 Å². The average molecular weight is 464 g/mol. The number of para-hydroxylation sites is 1. The van der Waals surface area contributed by atoms with Crippen molar-refractivity contribution in [3.63, 3.8) is 0 Å². The van der Waals surface area contributed by atoms with E-state index in [-0.39, 0.29) is 5.91 Å². The van der Waals surface area contributed by atoms with Crippen LogP contribution < -0.4 is 15.5 Å². The van der Waals surface area contributed by atoms with Crippen molar-refractivity contribution in [2.45, 2.75) is 13.8 Å². The van der Waals surface area contributed by atoms with Crippen LogP contribution in [0.2, 0.25) is 0 Å². The van der Waals surface area contributed by atoms with Crippen LogP contribution in [0.25, 0.3) is 21.8 Å². The molecule has 5 rings (SSSR count). The predicted molar refractivity (Wildman–Crippen MR) is 141 cm³/mol. The van der Waals surface area contributed by atoms with Crippen molar-refractivity contribution < 1.29 is 9.53 Å². The largest absolute Gasteiger partial charge is 0.494 e. The Labute approximate surface area is 202 Å². The van der Waals surface area contributed by atoms with Gasteiger partial charge < -0.3 is 15.0 Å². The molecule has 5 aromatic rings. The Morgan fingerprint density at radius 1 is 1.03 bits per heavy atom. The van der Waals surface area contributed by atoms with Crippen LogP contribution in [0.3, 0.4) is 0 Å². The van der Waals surface area contributed by atoms with Gasteiger partial charge in [-0.1, -0.05) is 42.0 Å². The zero-order chi connectivity index (χ0) is 24.4. The van der Waals surface area contributed by atoms with Crippen LogP contribution in [-0.2, 0) is 0 Å². The second-order valence-corrected chi connectivity index (χ2v) is 8.39. The van der Waals surface area contributed by atoms with Crippen LogP contribution in [0.1, 0.15) is 27.3 Å². The van der Waals surface area contributed by atoms with Gasteiger partial charge in [-0.25, -0.2) is 10.4 Å². The number of aromatic amines is 1. The molecule has 1 amide bonds. The fraction of sp³-hybridized carbons (Fsp3) is 0.107. The maximum Gasteiger partial charge on any atom is 0.287 e. The van der Waals surface area contributed by atoms with Gasteiger partial charge in [0.25, 0.3) is 5.91 Å². The van der Waals surface area contributed by atoms with Crippen molar-refractivity contribution in [2.24, 2.45) is 5.10 Å². The maximum absolute atomic E-state index is 12.6. The van der Waals surface area contributed by atoms with Crippen LogP contribution in [0, 0.1) is 13.8 Å². The van der Waals surface area contributed by atoms with Crippen molar-refractivity contribution in [2.75, 3.05) is 12.4 Å². The third-order valence-electron chi connectivity index (χ3n) is 5.72. The number of nitrogens with one attached hydrogen (secondary N) is 3. The van der Waals surface area contributed by atoms with E-state index in [9.17, 15) is 4.79 Å². The number of benzene rings is 3. The summed E-state index contributed by atoms with van der Waals surface area (Å²) in [5.74, 6) is 0.429. The SMILES string of the molecule is COc1cccc2c(Nc3ccc4[nH]c(C(=O)N/N=C/c5cccc(C)c5)cc4c3)cc(C)nc12. The van der Waals surface area contributed by atoms with Gasteiger partial charge in [0.15, 0.2) is 0 Å². The lowest BCUT2D eigenvalue weighted by Crippen LogP contribution is -2.17. The number of methoxy groups -OCH3 is 1. The Morgan fingerprint density at radius 3 is 2.71 bits per heavy atom. The second kappa shape index (κ2) is 9.30. The van der Waals surface area contributed by atoms with E-state index in [1.54, 1.807) is 13.3 Å². The molecule has 2 heterocycles. The maximum atomic E-state index is 12.6. The highest BCUT2D eigenvalue weighted by atomic mass is 16.5. The first-order chi connectivity index (χ1) is 17.0. The van der Waals surface area contributed by atoms with E-state index in [1.165, 1.54) is 0 Å². The summed E-state index contributed by atoms with van der Waals surface area (Å²) < 4.78 is 5.49. The number of pyridine rings is 1. The number of hydrogen-bond acceptors (Lipinski definition) is 5. The van der Waals surface area contributed by atoms with Crippen molar-refractivity contribution in [1.82, 2.24) is 15.4 Å². The van der Waals surface area contributed by atoms with Gasteiger partial charge in [-0.3, -0.25) is 4.79 Å². The fourth-order valence-corrected chi connectivity index (χ4v) is 4.08. The number of fused-ring (bicyclic) bond motifs is 2. The summed E-state index contributed by atoms with van der Waals surface area (Å²) in [5.41, 5.74) is 9.47. The molecule has 35 heavy (non-hydrogen) atoms. The molecule has 0 bridgehead atoms. The Bertz CT molecular complexity index is 1590. The Hall–Kier alpha value is -4.65. The van der Waals surface area contributed by atoms with E-state index in [1.807, 2.05) is 86.6 Å². The first-order valence-electron chi connectivity index (χ1n) is 11.2. The summed E-state index contributed by atoms with van der Waals surface area (Å²) in [7, 11) is 1.65. The molecule has 3 aromatic carbocycles. The lowest BCUT2D eigenvalue weighted by Gasteiger charge is -2.13. The van der Waals surface area contributed by atoms with Crippen LogP contribution in [-0.4, -0.2) is 29.2 Å². The molecule has 0 aliphatic carbocycles. The zero-order valence-electron chi connectivity index (χ0n) is 19.7. The monoisotopic (exact) mass is 463 g/mol. The molecule has 0 aliphatic heterocycles. The molecule has 0 spiro atoms. The topological polar surface area (TPSA) is 91.4 Å². The molecule has 0 atom stereocenters. The lowest BCUT2D eigenvalue weighted by atomic mass is 10.1. The first-order valence-corrected chi connectivity index (χ1v) is 11.2. The summed E-state index contributed by atoms with van der Waals surface area (Å²) in [6, 6.07) is 23.5. The van der Waals surface area contributed by atoms with Gasteiger partial charge in [0.2, 0.25) is 0 Å². The van der Waals surface area contributed by atoms with Crippen molar-refractivity contribution >= 4 is 45.3 Å². The van der Waals surface area contributed by atoms with E-state index in [0.29, 0.717) is 5.69 Å². The number of aryl methyl sites for hydroxylation is 2. The molecule has 7 nitrogen and oxygen atoms in total. The third-order valence-corrected chi connectivity index (χ3v) is 5.72. The van der Waals surface area contributed by atoms with Gasteiger partial charge in [-0.15, -0.1) is 0 Å². The quantitative estimate of drug-likeness (QED) is 0.218. The summed E-state index contributed by atoms with van der Waals surface area (Å²) in [4.78, 5) is 20.4. The minimum absolute atomic E-state index is 0.303. The summed E-state index contributed by atoms with van der Waals surface area (Å²) in [6.45, 7) is 3.97. The van der Waals surface area contributed by atoms with Gasteiger partial charge in [-0.05, 0) is 55.8 Å². The number of carbonyl (C=O) groups is 1. The molecule has 0 saturated heterocycles. The molecule has 0 unspecified atom stereocenters. The van der Waals surface area contributed by atoms with Gasteiger partial charge in [0, 0.05) is 33.4 Å². The highest BCUT2D eigenvalue weighted by Gasteiger charge is 2.11. The molecule has 2 aromatic heterocycles. The number of nitrogens with zero attached hydrogens (tertiary/aromatic N) is 2. The summed E-state index contributed by atoms with van der Waals surface area (Å²) >= 11 is 0. The molecule has 0 aliphatic rings. The van der Waals surface area contributed by atoms with Gasteiger partial charge in [-0.2, -0.15) is 5.10 Å². The number of H-pyrrole nitrogens is 1. The number of carbonyl (C=O) groups excluding carboxylic acids is 1. The van der Waals surface area contributed by atoms with Gasteiger partial charge >= 0.3 is 0 Å². The van der Waals surface area contributed by atoms with Crippen LogP contribution >= 0.6 is 0 Å². The van der Waals surface area contributed by atoms with Gasteiger partial charge in [0.05, 0.1) is 13.3 Å². The van der Waals surface area contributed by atoms with E-state index >= 15 is 0 Å². The lowest BCUT2D eigenvalue weighted by molar-refractivity contribution is 0.0951.